The molecule has 1 rings (SSSR count). The number of carbonyl (C=O) groups excluding carboxylic acids is 1. The van der Waals surface area contributed by atoms with Crippen LogP contribution in [-0.2, 0) is 4.79 Å². The van der Waals surface area contributed by atoms with Gasteiger partial charge in [-0.15, -0.1) is 0 Å². The Morgan fingerprint density at radius 2 is 2.17 bits per heavy atom. The Balaban J connectivity index is 2.80. The molecule has 0 spiro atoms. The van der Waals surface area contributed by atoms with Gasteiger partial charge in [-0.25, -0.2) is 0 Å². The van der Waals surface area contributed by atoms with Gasteiger partial charge in [0.1, 0.15) is 4.99 Å². The predicted molar refractivity (Wildman–Crippen MR) is 79.8 cm³/mol. The van der Waals surface area contributed by atoms with Crippen LogP contribution in [0, 0.1) is 12.8 Å². The standard InChI is InChI=1S/C14H20N2OS/c1-4-9(2)7-13(17)16-12-8-11(14(15)18)6-5-10(12)3/h5-6,8-9H,4,7H2,1-3H3,(H2,15,18)(H,16,17). The average Bonchev–Trinajstić information content (AvgIpc) is 2.31. The van der Waals surface area contributed by atoms with Crippen LogP contribution in [0.15, 0.2) is 18.2 Å². The molecule has 98 valence electrons. The molecular weight excluding hydrogens is 244 g/mol. The summed E-state index contributed by atoms with van der Waals surface area (Å²) in [5.74, 6) is 0.427. The third kappa shape index (κ3) is 4.11. The van der Waals surface area contributed by atoms with E-state index in [-0.39, 0.29) is 5.91 Å². The molecule has 3 N–H and O–H groups in total. The van der Waals surface area contributed by atoms with Gasteiger partial charge in [-0.2, -0.15) is 0 Å². The second-order valence-corrected chi connectivity index (χ2v) is 5.10. The highest BCUT2D eigenvalue weighted by Crippen LogP contribution is 2.18. The van der Waals surface area contributed by atoms with Crippen LogP contribution < -0.4 is 11.1 Å². The number of hydrogen-bond acceptors (Lipinski definition) is 2. The smallest absolute Gasteiger partial charge is 0.224 e. The summed E-state index contributed by atoms with van der Waals surface area (Å²) in [4.78, 5) is 12.2. The molecule has 0 aromatic heterocycles. The van der Waals surface area contributed by atoms with Crippen molar-refractivity contribution in [2.45, 2.75) is 33.6 Å². The summed E-state index contributed by atoms with van der Waals surface area (Å²) in [5, 5.41) is 2.92. The van der Waals surface area contributed by atoms with Crippen molar-refractivity contribution >= 4 is 28.8 Å². The highest BCUT2D eigenvalue weighted by molar-refractivity contribution is 7.80. The number of thiocarbonyl (C=S) groups is 1. The van der Waals surface area contributed by atoms with Crippen molar-refractivity contribution in [1.82, 2.24) is 0 Å². The molecule has 4 heteroatoms. The topological polar surface area (TPSA) is 55.1 Å². The lowest BCUT2D eigenvalue weighted by Crippen LogP contribution is -2.16. The molecule has 1 atom stereocenters. The first-order valence-corrected chi connectivity index (χ1v) is 6.55. The van der Waals surface area contributed by atoms with Gasteiger partial charge in [0.05, 0.1) is 0 Å². The Labute approximate surface area is 114 Å². The lowest BCUT2D eigenvalue weighted by molar-refractivity contribution is -0.117. The van der Waals surface area contributed by atoms with Crippen molar-refractivity contribution in [3.8, 4) is 0 Å². The minimum atomic E-state index is 0.0348. The number of amides is 1. The van der Waals surface area contributed by atoms with Gasteiger partial charge in [-0.3, -0.25) is 4.79 Å². The quantitative estimate of drug-likeness (QED) is 0.804. The van der Waals surface area contributed by atoms with Gasteiger partial charge in [-0.05, 0) is 24.5 Å². The molecule has 1 aromatic carbocycles. The zero-order valence-corrected chi connectivity index (χ0v) is 11.9. The van der Waals surface area contributed by atoms with Crippen molar-refractivity contribution in [2.24, 2.45) is 11.7 Å². The van der Waals surface area contributed by atoms with Crippen LogP contribution in [0.4, 0.5) is 5.69 Å². The zero-order chi connectivity index (χ0) is 13.7. The first-order chi connectivity index (χ1) is 8.43. The molecule has 1 amide bonds. The summed E-state index contributed by atoms with van der Waals surface area (Å²) in [6, 6.07) is 5.60. The monoisotopic (exact) mass is 264 g/mol. The number of nitrogens with two attached hydrogens (primary N) is 1. The molecule has 0 aliphatic rings. The largest absolute Gasteiger partial charge is 0.389 e. The molecule has 0 radical (unpaired) electrons. The fourth-order valence-corrected chi connectivity index (χ4v) is 1.70. The van der Waals surface area contributed by atoms with Crippen LogP contribution in [0.2, 0.25) is 0 Å². The Kier molecular flexibility index (Phi) is 5.28. The van der Waals surface area contributed by atoms with E-state index in [1.54, 1.807) is 0 Å². The van der Waals surface area contributed by atoms with E-state index in [4.69, 9.17) is 18.0 Å². The summed E-state index contributed by atoms with van der Waals surface area (Å²) in [6.45, 7) is 6.09. The summed E-state index contributed by atoms with van der Waals surface area (Å²) in [6.07, 6.45) is 1.53. The molecule has 0 heterocycles. The summed E-state index contributed by atoms with van der Waals surface area (Å²) in [7, 11) is 0. The van der Waals surface area contributed by atoms with Crippen LogP contribution in [0.1, 0.15) is 37.8 Å². The van der Waals surface area contributed by atoms with E-state index in [0.717, 1.165) is 23.2 Å². The lowest BCUT2D eigenvalue weighted by Gasteiger charge is -2.12. The van der Waals surface area contributed by atoms with E-state index in [0.29, 0.717) is 17.3 Å². The number of nitrogens with one attached hydrogen (secondary N) is 1. The van der Waals surface area contributed by atoms with Gasteiger partial charge in [0.2, 0.25) is 5.91 Å². The molecule has 18 heavy (non-hydrogen) atoms. The fraction of sp³-hybridized carbons (Fsp3) is 0.429. The zero-order valence-electron chi connectivity index (χ0n) is 11.1. The highest BCUT2D eigenvalue weighted by Gasteiger charge is 2.09. The molecule has 0 saturated heterocycles. The number of rotatable bonds is 5. The SMILES string of the molecule is CCC(C)CC(=O)Nc1cc(C(N)=S)ccc1C. The lowest BCUT2D eigenvalue weighted by atomic mass is 10.0. The molecule has 3 nitrogen and oxygen atoms in total. The van der Waals surface area contributed by atoms with Crippen molar-refractivity contribution in [3.63, 3.8) is 0 Å². The van der Waals surface area contributed by atoms with Gasteiger partial charge in [0, 0.05) is 17.7 Å². The fourth-order valence-electron chi connectivity index (χ4n) is 1.57. The molecule has 0 aliphatic heterocycles. The number of anilines is 1. The van der Waals surface area contributed by atoms with Gasteiger partial charge < -0.3 is 11.1 Å². The van der Waals surface area contributed by atoms with Crippen LogP contribution >= 0.6 is 12.2 Å². The van der Waals surface area contributed by atoms with E-state index < -0.39 is 0 Å². The maximum absolute atomic E-state index is 11.8. The predicted octanol–water partition coefficient (Wildman–Crippen LogP) is 3.00. The normalized spacial score (nSPS) is 11.9. The van der Waals surface area contributed by atoms with Gasteiger partial charge in [-0.1, -0.05) is 44.6 Å². The van der Waals surface area contributed by atoms with Gasteiger partial charge in [0.25, 0.3) is 0 Å². The van der Waals surface area contributed by atoms with E-state index in [1.165, 1.54) is 0 Å². The third-order valence-electron chi connectivity index (χ3n) is 3.03. The maximum Gasteiger partial charge on any atom is 0.224 e. The summed E-state index contributed by atoms with van der Waals surface area (Å²) in [5.41, 5.74) is 8.15. The number of benzene rings is 1. The highest BCUT2D eigenvalue weighted by atomic mass is 32.1. The Bertz CT molecular complexity index is 457. The van der Waals surface area contributed by atoms with Gasteiger partial charge in [0.15, 0.2) is 0 Å². The van der Waals surface area contributed by atoms with Crippen LogP contribution in [0.3, 0.4) is 0 Å². The molecule has 1 unspecified atom stereocenters. The summed E-state index contributed by atoms with van der Waals surface area (Å²) < 4.78 is 0. The van der Waals surface area contributed by atoms with E-state index in [9.17, 15) is 4.79 Å². The Morgan fingerprint density at radius 3 is 2.72 bits per heavy atom. The maximum atomic E-state index is 11.8. The Morgan fingerprint density at radius 1 is 1.50 bits per heavy atom. The number of hydrogen-bond donors (Lipinski definition) is 2. The molecule has 0 fully saturated rings. The van der Waals surface area contributed by atoms with Crippen LogP contribution in [0.5, 0.6) is 0 Å². The van der Waals surface area contributed by atoms with E-state index >= 15 is 0 Å². The first kappa shape index (κ1) is 14.6. The minimum Gasteiger partial charge on any atom is -0.389 e. The number of aryl methyl sites for hydroxylation is 1. The van der Waals surface area contributed by atoms with E-state index in [2.05, 4.69) is 19.2 Å². The third-order valence-corrected chi connectivity index (χ3v) is 3.26. The van der Waals surface area contributed by atoms with Crippen LogP contribution in [-0.4, -0.2) is 10.9 Å². The molecule has 0 bridgehead atoms. The van der Waals surface area contributed by atoms with Crippen molar-refractivity contribution in [2.75, 3.05) is 5.32 Å². The Hall–Kier alpha value is -1.42. The van der Waals surface area contributed by atoms with Crippen molar-refractivity contribution < 1.29 is 4.79 Å². The summed E-state index contributed by atoms with van der Waals surface area (Å²) >= 11 is 4.93. The van der Waals surface area contributed by atoms with E-state index in [1.807, 2.05) is 25.1 Å². The van der Waals surface area contributed by atoms with Gasteiger partial charge >= 0.3 is 0 Å². The first-order valence-electron chi connectivity index (χ1n) is 6.14. The van der Waals surface area contributed by atoms with Crippen LogP contribution in [0.25, 0.3) is 0 Å². The molecule has 0 aliphatic carbocycles. The average molecular weight is 264 g/mol. The second kappa shape index (κ2) is 6.50. The minimum absolute atomic E-state index is 0.0348. The molecule has 1 aromatic rings. The second-order valence-electron chi connectivity index (χ2n) is 4.66. The molecule has 0 saturated carbocycles. The van der Waals surface area contributed by atoms with Crippen molar-refractivity contribution in [3.05, 3.63) is 29.3 Å². The number of carbonyl (C=O) groups is 1. The van der Waals surface area contributed by atoms with Crippen molar-refractivity contribution in [1.29, 1.82) is 0 Å². The molecular formula is C14H20N2OS.